The van der Waals surface area contributed by atoms with Crippen LogP contribution in [-0.2, 0) is 0 Å². The first-order valence-corrected chi connectivity index (χ1v) is 13.8. The zero-order valence-corrected chi connectivity index (χ0v) is 21.7. The molecule has 0 aromatic carbocycles. The predicted molar refractivity (Wildman–Crippen MR) is 131 cm³/mol. The van der Waals surface area contributed by atoms with Crippen LogP contribution in [0.25, 0.3) is 0 Å². The summed E-state index contributed by atoms with van der Waals surface area (Å²) in [5.74, 6) is 3.46. The normalized spacial score (nSPS) is 52.9. The Morgan fingerprint density at radius 3 is 2.26 bits per heavy atom. The molecule has 9 atom stereocenters. The van der Waals surface area contributed by atoms with Crippen LogP contribution < -0.4 is 0 Å². The van der Waals surface area contributed by atoms with Crippen LogP contribution in [0, 0.1) is 50.7 Å². The highest BCUT2D eigenvalue weighted by Crippen LogP contribution is 2.89. The van der Waals surface area contributed by atoms with Crippen molar-refractivity contribution in [2.24, 2.45) is 50.7 Å². The van der Waals surface area contributed by atoms with E-state index in [4.69, 9.17) is 0 Å². The molecule has 0 aromatic heterocycles. The van der Waals surface area contributed by atoms with Crippen molar-refractivity contribution in [2.45, 2.75) is 125 Å². The van der Waals surface area contributed by atoms with Crippen molar-refractivity contribution in [1.29, 1.82) is 0 Å². The number of allylic oxidation sites excluding steroid dienone is 2. The summed E-state index contributed by atoms with van der Waals surface area (Å²) in [5.41, 5.74) is 3.87. The van der Waals surface area contributed by atoms with Crippen molar-refractivity contribution in [3.8, 4) is 0 Å². The maximum Gasteiger partial charge on any atom is 0.0594 e. The van der Waals surface area contributed by atoms with Gasteiger partial charge in [-0.05, 0) is 135 Å². The molecule has 2 spiro atoms. The lowest BCUT2D eigenvalue weighted by Gasteiger charge is -2.63. The van der Waals surface area contributed by atoms with E-state index in [9.17, 15) is 5.11 Å². The topological polar surface area (TPSA) is 20.2 Å². The summed E-state index contributed by atoms with van der Waals surface area (Å²) in [6.45, 7) is 17.3. The van der Waals surface area contributed by atoms with Crippen molar-refractivity contribution < 1.29 is 5.11 Å². The summed E-state index contributed by atoms with van der Waals surface area (Å²) in [4.78, 5) is 0. The second-order valence-electron chi connectivity index (χ2n) is 14.4. The average molecular weight is 427 g/mol. The van der Waals surface area contributed by atoms with Crippen LogP contribution in [0.1, 0.15) is 119 Å². The third-order valence-electron chi connectivity index (χ3n) is 13.0. The van der Waals surface area contributed by atoms with Crippen molar-refractivity contribution in [3.05, 3.63) is 11.6 Å². The molecule has 5 aliphatic rings. The summed E-state index contributed by atoms with van der Waals surface area (Å²) in [7, 11) is 0. The maximum atomic E-state index is 10.8. The van der Waals surface area contributed by atoms with Crippen LogP contribution in [0.5, 0.6) is 0 Å². The van der Waals surface area contributed by atoms with Crippen molar-refractivity contribution >= 4 is 0 Å². The first kappa shape index (κ1) is 22.5. The van der Waals surface area contributed by atoms with E-state index in [0.717, 1.165) is 30.1 Å². The van der Waals surface area contributed by atoms with Crippen molar-refractivity contribution in [2.75, 3.05) is 0 Å². The third-order valence-corrected chi connectivity index (χ3v) is 13.0. The lowest BCUT2D eigenvalue weighted by atomic mass is 9.41. The molecule has 176 valence electrons. The van der Waals surface area contributed by atoms with Gasteiger partial charge in [-0.15, -0.1) is 0 Å². The molecule has 1 nitrogen and oxygen atoms in total. The molecule has 0 aliphatic heterocycles. The Labute approximate surface area is 192 Å². The smallest absolute Gasteiger partial charge is 0.0594 e. The molecule has 0 saturated heterocycles. The lowest BCUT2D eigenvalue weighted by Crippen LogP contribution is -2.57. The molecular formula is C30H50O. The fourth-order valence-electron chi connectivity index (χ4n) is 11.1. The van der Waals surface area contributed by atoms with E-state index >= 15 is 0 Å². The van der Waals surface area contributed by atoms with Gasteiger partial charge in [-0.3, -0.25) is 0 Å². The third kappa shape index (κ3) is 2.71. The fraction of sp³-hybridized carbons (Fsp3) is 0.933. The van der Waals surface area contributed by atoms with Gasteiger partial charge in [0.1, 0.15) is 0 Å². The Balaban J connectivity index is 1.41. The van der Waals surface area contributed by atoms with E-state index in [1.54, 1.807) is 0 Å². The zero-order chi connectivity index (χ0) is 22.4. The minimum atomic E-state index is -0.0840. The molecule has 0 heterocycles. The highest BCUT2D eigenvalue weighted by molar-refractivity contribution is 5.30. The molecule has 5 unspecified atom stereocenters. The first-order valence-electron chi connectivity index (χ1n) is 13.8. The molecule has 1 N–H and O–H groups in total. The predicted octanol–water partition coefficient (Wildman–Crippen LogP) is 8.17. The molecule has 5 aliphatic carbocycles. The molecule has 0 bridgehead atoms. The number of rotatable bonds is 4. The minimum absolute atomic E-state index is 0.0840. The number of hydrogen-bond donors (Lipinski definition) is 1. The van der Waals surface area contributed by atoms with Gasteiger partial charge >= 0.3 is 0 Å². The summed E-state index contributed by atoms with van der Waals surface area (Å²) < 4.78 is 0. The Morgan fingerprint density at radius 1 is 0.871 bits per heavy atom. The van der Waals surface area contributed by atoms with Crippen LogP contribution in [0.15, 0.2) is 11.6 Å². The van der Waals surface area contributed by atoms with Gasteiger partial charge in [0, 0.05) is 0 Å². The monoisotopic (exact) mass is 426 g/mol. The summed E-state index contributed by atoms with van der Waals surface area (Å²) in [5, 5.41) is 10.8. The molecule has 0 aromatic rings. The van der Waals surface area contributed by atoms with E-state index in [1.807, 2.05) is 0 Å². The molecule has 31 heavy (non-hydrogen) atoms. The second-order valence-corrected chi connectivity index (χ2v) is 14.4. The van der Waals surface area contributed by atoms with Crippen molar-refractivity contribution in [3.63, 3.8) is 0 Å². The van der Waals surface area contributed by atoms with Crippen LogP contribution in [-0.4, -0.2) is 11.2 Å². The van der Waals surface area contributed by atoms with Gasteiger partial charge in [0.15, 0.2) is 0 Å². The van der Waals surface area contributed by atoms with Gasteiger partial charge in [-0.1, -0.05) is 46.3 Å². The van der Waals surface area contributed by atoms with E-state index in [0.29, 0.717) is 21.7 Å². The fourth-order valence-corrected chi connectivity index (χ4v) is 11.1. The molecule has 5 saturated carbocycles. The van der Waals surface area contributed by atoms with Crippen LogP contribution in [0.3, 0.4) is 0 Å². The van der Waals surface area contributed by atoms with Gasteiger partial charge in [0.05, 0.1) is 6.10 Å². The van der Waals surface area contributed by atoms with Gasteiger partial charge in [-0.2, -0.15) is 0 Å². The SMILES string of the molecule is CC(C)=CCCC(C)[C@H]1CC[C@@]2(C)C3CCC4C(C)(C)[C@@H](O)CCC45CC35CC[C@]12C. The van der Waals surface area contributed by atoms with E-state index in [2.05, 4.69) is 54.5 Å². The largest absolute Gasteiger partial charge is 0.393 e. The minimum Gasteiger partial charge on any atom is -0.393 e. The van der Waals surface area contributed by atoms with Crippen LogP contribution in [0.4, 0.5) is 0 Å². The molecule has 5 rings (SSSR count). The highest BCUT2D eigenvalue weighted by atomic mass is 16.3. The number of fused-ring (bicyclic) bond motifs is 2. The maximum absolute atomic E-state index is 10.8. The summed E-state index contributed by atoms with van der Waals surface area (Å²) in [6.07, 6.45) is 17.6. The van der Waals surface area contributed by atoms with E-state index < -0.39 is 0 Å². The molecule has 0 radical (unpaired) electrons. The van der Waals surface area contributed by atoms with E-state index in [1.165, 1.54) is 69.8 Å². The van der Waals surface area contributed by atoms with Gasteiger partial charge in [0.25, 0.3) is 0 Å². The Kier molecular flexibility index (Phi) is 4.98. The second kappa shape index (κ2) is 6.86. The first-order chi connectivity index (χ1) is 14.4. The quantitative estimate of drug-likeness (QED) is 0.449. The number of hydrogen-bond acceptors (Lipinski definition) is 1. The Hall–Kier alpha value is -0.300. The molecular weight excluding hydrogens is 376 g/mol. The number of aliphatic hydroxyl groups is 1. The van der Waals surface area contributed by atoms with E-state index in [-0.39, 0.29) is 11.5 Å². The average Bonchev–Trinajstić information content (AvgIpc) is 3.27. The van der Waals surface area contributed by atoms with Crippen LogP contribution in [0.2, 0.25) is 0 Å². The van der Waals surface area contributed by atoms with Gasteiger partial charge in [0.2, 0.25) is 0 Å². The summed E-state index contributed by atoms with van der Waals surface area (Å²) >= 11 is 0. The molecule has 5 fully saturated rings. The lowest BCUT2D eigenvalue weighted by molar-refractivity contribution is -0.161. The Bertz CT molecular complexity index is 760. The molecule has 1 heteroatoms. The molecule has 0 amide bonds. The zero-order valence-electron chi connectivity index (χ0n) is 21.7. The number of aliphatic hydroxyl groups excluding tert-OH is 1. The standard InChI is InChI=1S/C30H50O/c1-20(2)9-8-10-21(3)22-13-15-28(7)24-12-11-23-26(4,5)25(31)14-16-29(23)19-30(24,29)18-17-27(22,28)6/h9,21-25,31H,8,10-19H2,1-7H3/t21?,22-,23?,24?,25+,27-,28+,29?,30?/m1/s1. The highest BCUT2D eigenvalue weighted by Gasteiger charge is 2.82. The summed E-state index contributed by atoms with van der Waals surface area (Å²) in [6, 6.07) is 0. The van der Waals surface area contributed by atoms with Gasteiger partial charge in [-0.25, -0.2) is 0 Å². The Morgan fingerprint density at radius 2 is 1.55 bits per heavy atom. The van der Waals surface area contributed by atoms with Crippen molar-refractivity contribution in [1.82, 2.24) is 0 Å². The van der Waals surface area contributed by atoms with Gasteiger partial charge < -0.3 is 5.11 Å². The van der Waals surface area contributed by atoms with Crippen LogP contribution >= 0.6 is 0 Å².